The van der Waals surface area contributed by atoms with Crippen LogP contribution in [0.25, 0.3) is 0 Å². The molecular formula is C23H20F5N3O2. The Morgan fingerprint density at radius 1 is 1.24 bits per heavy atom. The first-order chi connectivity index (χ1) is 15.4. The fourth-order valence-electron chi connectivity index (χ4n) is 3.84. The van der Waals surface area contributed by atoms with E-state index >= 15 is 0 Å². The number of nitrogens with zero attached hydrogens (tertiary/aromatic N) is 3. The van der Waals surface area contributed by atoms with E-state index in [1.807, 2.05) is 6.08 Å². The molecule has 0 saturated heterocycles. The SMILES string of the molecule is C=C(CCC1=CCc2nc(C(F)(F)F)ncc2C1)N=C(C)c1ccc2c(c1C)OC(F)(F)O2. The van der Waals surface area contributed by atoms with Crippen LogP contribution in [0.2, 0.25) is 0 Å². The molecular weight excluding hydrogens is 445 g/mol. The number of allylic oxidation sites excluding steroid dienone is 3. The molecule has 1 aliphatic heterocycles. The molecule has 2 aromatic rings. The van der Waals surface area contributed by atoms with Gasteiger partial charge in [0.2, 0.25) is 5.82 Å². The van der Waals surface area contributed by atoms with Gasteiger partial charge in [0.15, 0.2) is 11.5 Å². The zero-order valence-corrected chi connectivity index (χ0v) is 17.9. The van der Waals surface area contributed by atoms with E-state index in [-0.39, 0.29) is 11.5 Å². The lowest BCUT2D eigenvalue weighted by Gasteiger charge is -2.17. The molecule has 2 aliphatic rings. The second-order valence-electron chi connectivity index (χ2n) is 7.90. The van der Waals surface area contributed by atoms with Gasteiger partial charge in [-0.1, -0.05) is 18.2 Å². The van der Waals surface area contributed by atoms with Crippen molar-refractivity contribution in [2.75, 3.05) is 0 Å². The largest absolute Gasteiger partial charge is 0.586 e. The number of aliphatic imine (C=N–C) groups is 1. The van der Waals surface area contributed by atoms with Crippen molar-refractivity contribution >= 4 is 5.71 Å². The Bertz CT molecular complexity index is 1190. The van der Waals surface area contributed by atoms with E-state index in [1.165, 1.54) is 12.3 Å². The summed E-state index contributed by atoms with van der Waals surface area (Å²) in [4.78, 5) is 11.6. The molecule has 5 nitrogen and oxygen atoms in total. The van der Waals surface area contributed by atoms with Crippen molar-refractivity contribution in [3.05, 3.63) is 70.5 Å². The van der Waals surface area contributed by atoms with Crippen molar-refractivity contribution in [2.24, 2.45) is 4.99 Å². The summed E-state index contributed by atoms with van der Waals surface area (Å²) in [5, 5.41) is 0. The number of fused-ring (bicyclic) bond motifs is 2. The molecule has 0 saturated carbocycles. The molecule has 10 heteroatoms. The second kappa shape index (κ2) is 8.24. The van der Waals surface area contributed by atoms with Crippen LogP contribution in [-0.4, -0.2) is 22.0 Å². The zero-order valence-electron chi connectivity index (χ0n) is 17.9. The molecule has 174 valence electrons. The third-order valence-electron chi connectivity index (χ3n) is 5.48. The Kier molecular flexibility index (Phi) is 5.71. The lowest BCUT2D eigenvalue weighted by atomic mass is 9.93. The molecule has 0 unspecified atom stereocenters. The van der Waals surface area contributed by atoms with Crippen molar-refractivity contribution in [2.45, 2.75) is 52.0 Å². The van der Waals surface area contributed by atoms with E-state index in [0.29, 0.717) is 59.5 Å². The number of benzene rings is 1. The Morgan fingerprint density at radius 3 is 2.73 bits per heavy atom. The van der Waals surface area contributed by atoms with Gasteiger partial charge in [-0.2, -0.15) is 13.2 Å². The molecule has 4 rings (SSSR count). The van der Waals surface area contributed by atoms with E-state index in [1.54, 1.807) is 19.9 Å². The first-order valence-corrected chi connectivity index (χ1v) is 10.2. The topological polar surface area (TPSA) is 56.6 Å². The maximum atomic E-state index is 13.3. The third-order valence-corrected chi connectivity index (χ3v) is 5.48. The summed E-state index contributed by atoms with van der Waals surface area (Å²) in [6, 6.07) is 3.05. The Labute approximate surface area is 186 Å². The number of alkyl halides is 5. The smallest absolute Gasteiger partial charge is 0.395 e. The summed E-state index contributed by atoms with van der Waals surface area (Å²) in [5.41, 5.74) is 4.42. The van der Waals surface area contributed by atoms with Crippen molar-refractivity contribution in [1.29, 1.82) is 0 Å². The highest BCUT2D eigenvalue weighted by atomic mass is 19.4. The first-order valence-electron chi connectivity index (χ1n) is 10.2. The highest BCUT2D eigenvalue weighted by Gasteiger charge is 2.44. The normalized spacial score (nSPS) is 16.9. The van der Waals surface area contributed by atoms with E-state index in [0.717, 1.165) is 5.57 Å². The summed E-state index contributed by atoms with van der Waals surface area (Å²) >= 11 is 0. The fourth-order valence-corrected chi connectivity index (χ4v) is 3.84. The maximum absolute atomic E-state index is 13.3. The van der Waals surface area contributed by atoms with Gasteiger partial charge >= 0.3 is 12.5 Å². The number of hydrogen-bond acceptors (Lipinski definition) is 5. The summed E-state index contributed by atoms with van der Waals surface area (Å²) in [5.74, 6) is -1.16. The fraction of sp³-hybridized carbons (Fsp3) is 0.348. The molecule has 33 heavy (non-hydrogen) atoms. The molecule has 0 N–H and O–H groups in total. The van der Waals surface area contributed by atoms with E-state index in [4.69, 9.17) is 0 Å². The molecule has 2 heterocycles. The Hall–Kier alpha value is -3.30. The monoisotopic (exact) mass is 465 g/mol. The first kappa shape index (κ1) is 22.9. The minimum atomic E-state index is -4.57. The van der Waals surface area contributed by atoms with Gasteiger partial charge in [0.05, 0.1) is 5.69 Å². The third kappa shape index (κ3) is 4.89. The van der Waals surface area contributed by atoms with E-state index < -0.39 is 18.3 Å². The van der Waals surface area contributed by atoms with Gasteiger partial charge in [0.25, 0.3) is 0 Å². The predicted molar refractivity (Wildman–Crippen MR) is 110 cm³/mol. The molecule has 0 bridgehead atoms. The second-order valence-corrected chi connectivity index (χ2v) is 7.90. The van der Waals surface area contributed by atoms with Gasteiger partial charge < -0.3 is 9.47 Å². The highest BCUT2D eigenvalue weighted by molar-refractivity contribution is 6.01. The van der Waals surface area contributed by atoms with Crippen LogP contribution in [0.4, 0.5) is 22.0 Å². The summed E-state index contributed by atoms with van der Waals surface area (Å²) in [6.07, 6.45) is -3.20. The van der Waals surface area contributed by atoms with E-state index in [9.17, 15) is 22.0 Å². The minimum Gasteiger partial charge on any atom is -0.395 e. The van der Waals surface area contributed by atoms with Gasteiger partial charge in [0, 0.05) is 35.2 Å². The van der Waals surface area contributed by atoms with Crippen LogP contribution in [0.3, 0.4) is 0 Å². The van der Waals surface area contributed by atoms with Gasteiger partial charge in [-0.3, -0.25) is 4.99 Å². The summed E-state index contributed by atoms with van der Waals surface area (Å²) in [7, 11) is 0. The van der Waals surface area contributed by atoms with Gasteiger partial charge in [-0.25, -0.2) is 9.97 Å². The van der Waals surface area contributed by atoms with Gasteiger partial charge in [-0.05, 0) is 50.8 Å². The number of hydrogen-bond donors (Lipinski definition) is 0. The van der Waals surface area contributed by atoms with Crippen LogP contribution in [0.1, 0.15) is 48.0 Å². The number of halogens is 5. The molecule has 0 radical (unpaired) electrons. The number of aromatic nitrogens is 2. The zero-order chi connectivity index (χ0) is 24.0. The predicted octanol–water partition coefficient (Wildman–Crippen LogP) is 5.95. The van der Waals surface area contributed by atoms with E-state index in [2.05, 4.69) is 31.0 Å². The minimum absolute atomic E-state index is 0.0143. The van der Waals surface area contributed by atoms with Crippen LogP contribution in [-0.2, 0) is 19.0 Å². The van der Waals surface area contributed by atoms with Crippen LogP contribution in [0.15, 0.2) is 47.2 Å². The average molecular weight is 465 g/mol. The van der Waals surface area contributed by atoms with Crippen molar-refractivity contribution in [3.63, 3.8) is 0 Å². The molecule has 0 amide bonds. The highest BCUT2D eigenvalue weighted by Crippen LogP contribution is 2.44. The summed E-state index contributed by atoms with van der Waals surface area (Å²) in [6.45, 7) is 7.37. The number of rotatable bonds is 5. The average Bonchev–Trinajstić information content (AvgIpc) is 3.06. The molecule has 0 spiro atoms. The van der Waals surface area contributed by atoms with Crippen LogP contribution in [0, 0.1) is 6.92 Å². The lowest BCUT2D eigenvalue weighted by molar-refractivity contribution is -0.286. The van der Waals surface area contributed by atoms with Gasteiger partial charge in [-0.15, -0.1) is 8.78 Å². The van der Waals surface area contributed by atoms with Crippen molar-refractivity contribution in [1.82, 2.24) is 9.97 Å². The Morgan fingerprint density at radius 2 is 2.00 bits per heavy atom. The molecule has 0 atom stereocenters. The Balaban J connectivity index is 1.39. The van der Waals surface area contributed by atoms with Crippen LogP contribution >= 0.6 is 0 Å². The maximum Gasteiger partial charge on any atom is 0.586 e. The van der Waals surface area contributed by atoms with Crippen molar-refractivity contribution < 1.29 is 31.4 Å². The summed E-state index contributed by atoms with van der Waals surface area (Å²) < 4.78 is 74.1. The molecule has 1 aromatic carbocycles. The quantitative estimate of drug-likeness (QED) is 0.311. The lowest BCUT2D eigenvalue weighted by Crippen LogP contribution is -2.26. The molecule has 1 aliphatic carbocycles. The molecule has 1 aromatic heterocycles. The van der Waals surface area contributed by atoms with Crippen LogP contribution in [0.5, 0.6) is 11.5 Å². The van der Waals surface area contributed by atoms with Crippen LogP contribution < -0.4 is 9.47 Å². The van der Waals surface area contributed by atoms with Crippen molar-refractivity contribution in [3.8, 4) is 11.5 Å². The number of ether oxygens (including phenoxy) is 2. The van der Waals surface area contributed by atoms with Gasteiger partial charge in [0.1, 0.15) is 0 Å². The molecule has 0 fully saturated rings. The standard InChI is InChI=1S/C23H20F5N3O2/c1-12(30-14(3)17-7-9-19-20(13(17)2)33-23(27,28)32-19)4-5-15-6-8-18-16(10-15)11-29-21(31-18)22(24,25)26/h6-7,9,11H,1,4-5,8,10H2,2-3H3.